The highest BCUT2D eigenvalue weighted by molar-refractivity contribution is 9.10. The molecule has 5 heteroatoms. The first kappa shape index (κ1) is 14.7. The quantitative estimate of drug-likeness (QED) is 0.645. The van der Waals surface area contributed by atoms with Gasteiger partial charge in [-0.05, 0) is 24.6 Å². The fraction of sp³-hybridized carbons (Fsp3) is 0.200. The van der Waals surface area contributed by atoms with Gasteiger partial charge in [0.15, 0.2) is 11.5 Å². The van der Waals surface area contributed by atoms with Crippen LogP contribution in [0.1, 0.15) is 24.1 Å². The third-order valence-corrected chi connectivity index (χ3v) is 3.91. The van der Waals surface area contributed by atoms with Crippen LogP contribution in [0.5, 0.6) is 17.2 Å². The van der Waals surface area contributed by atoms with E-state index < -0.39 is 5.75 Å². The second-order valence-electron chi connectivity index (χ2n) is 4.57. The molecule has 1 unspecified atom stereocenters. The molecule has 2 aromatic rings. The first-order chi connectivity index (χ1) is 9.50. The molecule has 0 fully saturated rings. The van der Waals surface area contributed by atoms with E-state index in [9.17, 15) is 15.3 Å². The van der Waals surface area contributed by atoms with Crippen LogP contribution in [-0.2, 0) is 6.54 Å². The number of benzene rings is 2. The van der Waals surface area contributed by atoms with Crippen molar-refractivity contribution >= 4 is 15.9 Å². The Balaban J connectivity index is 2.10. The van der Waals surface area contributed by atoms with Gasteiger partial charge >= 0.3 is 0 Å². The maximum atomic E-state index is 9.76. The van der Waals surface area contributed by atoms with Gasteiger partial charge in [-0.2, -0.15) is 0 Å². The number of phenols is 3. The molecule has 0 bridgehead atoms. The predicted octanol–water partition coefficient (Wildman–Crippen LogP) is 3.42. The molecule has 2 aromatic carbocycles. The Morgan fingerprint density at radius 3 is 2.45 bits per heavy atom. The normalized spacial score (nSPS) is 12.3. The molecule has 0 aromatic heterocycles. The zero-order valence-electron chi connectivity index (χ0n) is 11.0. The Kier molecular flexibility index (Phi) is 4.52. The molecule has 0 radical (unpaired) electrons. The van der Waals surface area contributed by atoms with Crippen molar-refractivity contribution in [3.8, 4) is 17.2 Å². The number of rotatable bonds is 4. The Bertz CT molecular complexity index is 616. The number of nitrogens with one attached hydrogen (secondary N) is 1. The molecule has 0 saturated heterocycles. The number of hydrogen-bond acceptors (Lipinski definition) is 4. The van der Waals surface area contributed by atoms with Crippen molar-refractivity contribution in [1.29, 1.82) is 0 Å². The molecular formula is C15H16BrNO3. The summed E-state index contributed by atoms with van der Waals surface area (Å²) >= 11 is 3.50. The van der Waals surface area contributed by atoms with Crippen LogP contribution in [0.2, 0.25) is 0 Å². The Labute approximate surface area is 125 Å². The molecule has 0 aliphatic rings. The van der Waals surface area contributed by atoms with Crippen LogP contribution in [0.15, 0.2) is 40.9 Å². The SMILES string of the molecule is CC(NCc1ccc(O)c(O)c1O)c1ccccc1Br. The fourth-order valence-electron chi connectivity index (χ4n) is 1.95. The molecule has 0 amide bonds. The van der Waals surface area contributed by atoms with E-state index in [1.807, 2.05) is 31.2 Å². The molecule has 106 valence electrons. The summed E-state index contributed by atoms with van der Waals surface area (Å²) < 4.78 is 1.01. The average Bonchev–Trinajstić information content (AvgIpc) is 2.44. The van der Waals surface area contributed by atoms with Gasteiger partial charge < -0.3 is 20.6 Å². The van der Waals surface area contributed by atoms with E-state index in [2.05, 4.69) is 21.2 Å². The van der Waals surface area contributed by atoms with Gasteiger partial charge in [0.1, 0.15) is 0 Å². The summed E-state index contributed by atoms with van der Waals surface area (Å²) in [6, 6.07) is 10.9. The van der Waals surface area contributed by atoms with E-state index >= 15 is 0 Å². The zero-order chi connectivity index (χ0) is 14.7. The van der Waals surface area contributed by atoms with Crippen LogP contribution in [0.4, 0.5) is 0 Å². The number of hydrogen-bond donors (Lipinski definition) is 4. The van der Waals surface area contributed by atoms with Crippen LogP contribution in [-0.4, -0.2) is 15.3 Å². The van der Waals surface area contributed by atoms with Crippen molar-refractivity contribution in [3.05, 3.63) is 52.0 Å². The molecule has 4 N–H and O–H groups in total. The lowest BCUT2D eigenvalue weighted by molar-refractivity contribution is 0.363. The minimum absolute atomic E-state index is 0.0703. The first-order valence-electron chi connectivity index (χ1n) is 6.21. The third-order valence-electron chi connectivity index (χ3n) is 3.18. The zero-order valence-corrected chi connectivity index (χ0v) is 12.6. The van der Waals surface area contributed by atoms with E-state index in [1.165, 1.54) is 6.07 Å². The summed E-state index contributed by atoms with van der Waals surface area (Å²) in [6.07, 6.45) is 0. The average molecular weight is 338 g/mol. The Morgan fingerprint density at radius 2 is 1.75 bits per heavy atom. The lowest BCUT2D eigenvalue weighted by Crippen LogP contribution is -2.18. The maximum Gasteiger partial charge on any atom is 0.200 e. The second kappa shape index (κ2) is 6.15. The van der Waals surface area contributed by atoms with Gasteiger partial charge in [0.2, 0.25) is 5.75 Å². The second-order valence-corrected chi connectivity index (χ2v) is 5.42. The van der Waals surface area contributed by atoms with E-state index in [4.69, 9.17) is 0 Å². The van der Waals surface area contributed by atoms with E-state index in [1.54, 1.807) is 6.07 Å². The molecule has 1 atom stereocenters. The summed E-state index contributed by atoms with van der Waals surface area (Å²) in [4.78, 5) is 0. The summed E-state index contributed by atoms with van der Waals surface area (Å²) in [7, 11) is 0. The minimum atomic E-state index is -0.488. The molecule has 0 saturated carbocycles. The monoisotopic (exact) mass is 337 g/mol. The molecule has 2 rings (SSSR count). The van der Waals surface area contributed by atoms with Gasteiger partial charge in [-0.1, -0.05) is 40.2 Å². The molecule has 0 spiro atoms. The van der Waals surface area contributed by atoms with Crippen LogP contribution in [0, 0.1) is 0 Å². The van der Waals surface area contributed by atoms with Crippen LogP contribution >= 0.6 is 15.9 Å². The molecule has 0 aliphatic carbocycles. The van der Waals surface area contributed by atoms with E-state index in [-0.39, 0.29) is 17.5 Å². The number of phenolic OH excluding ortho intramolecular Hbond substituents is 3. The van der Waals surface area contributed by atoms with E-state index in [0.717, 1.165) is 10.0 Å². The lowest BCUT2D eigenvalue weighted by atomic mass is 10.1. The van der Waals surface area contributed by atoms with Gasteiger partial charge in [-0.3, -0.25) is 0 Å². The molecule has 20 heavy (non-hydrogen) atoms. The topological polar surface area (TPSA) is 72.7 Å². The molecule has 0 heterocycles. The third kappa shape index (κ3) is 3.05. The van der Waals surface area contributed by atoms with Crippen molar-refractivity contribution in [3.63, 3.8) is 0 Å². The highest BCUT2D eigenvalue weighted by Crippen LogP contribution is 2.37. The van der Waals surface area contributed by atoms with Crippen LogP contribution in [0.3, 0.4) is 0 Å². The van der Waals surface area contributed by atoms with Crippen LogP contribution in [0.25, 0.3) is 0 Å². The maximum absolute atomic E-state index is 9.76. The van der Waals surface area contributed by atoms with Crippen molar-refractivity contribution < 1.29 is 15.3 Å². The largest absolute Gasteiger partial charge is 0.504 e. The van der Waals surface area contributed by atoms with Gasteiger partial charge in [-0.25, -0.2) is 0 Å². The van der Waals surface area contributed by atoms with Gasteiger partial charge in [0.25, 0.3) is 0 Å². The number of halogens is 1. The Morgan fingerprint density at radius 1 is 1.05 bits per heavy atom. The fourth-order valence-corrected chi connectivity index (χ4v) is 2.58. The summed E-state index contributed by atoms with van der Waals surface area (Å²) in [5, 5.41) is 31.8. The first-order valence-corrected chi connectivity index (χ1v) is 7.00. The van der Waals surface area contributed by atoms with Crippen molar-refractivity contribution in [2.24, 2.45) is 0 Å². The predicted molar refractivity (Wildman–Crippen MR) is 80.8 cm³/mol. The van der Waals surface area contributed by atoms with Gasteiger partial charge in [0.05, 0.1) is 0 Å². The highest BCUT2D eigenvalue weighted by atomic mass is 79.9. The molecule has 0 aliphatic heterocycles. The van der Waals surface area contributed by atoms with E-state index in [0.29, 0.717) is 12.1 Å². The summed E-state index contributed by atoms with van der Waals surface area (Å²) in [5.41, 5.74) is 1.63. The lowest BCUT2D eigenvalue weighted by Gasteiger charge is -2.16. The van der Waals surface area contributed by atoms with Crippen molar-refractivity contribution in [2.75, 3.05) is 0 Å². The Hall–Kier alpha value is -1.72. The van der Waals surface area contributed by atoms with Crippen molar-refractivity contribution in [2.45, 2.75) is 19.5 Å². The molecule has 4 nitrogen and oxygen atoms in total. The summed E-state index contributed by atoms with van der Waals surface area (Å²) in [6.45, 7) is 2.39. The smallest absolute Gasteiger partial charge is 0.200 e. The minimum Gasteiger partial charge on any atom is -0.504 e. The van der Waals surface area contributed by atoms with Crippen molar-refractivity contribution in [1.82, 2.24) is 5.32 Å². The van der Waals surface area contributed by atoms with Crippen LogP contribution < -0.4 is 5.32 Å². The highest BCUT2D eigenvalue weighted by Gasteiger charge is 2.13. The van der Waals surface area contributed by atoms with Gasteiger partial charge in [-0.15, -0.1) is 0 Å². The number of aromatic hydroxyl groups is 3. The molecular weight excluding hydrogens is 322 g/mol. The summed E-state index contributed by atoms with van der Waals surface area (Å²) in [5.74, 6) is -1.11. The standard InChI is InChI=1S/C15H16BrNO3/c1-9(11-4-2-3-5-12(11)16)17-8-10-6-7-13(18)15(20)14(10)19/h2-7,9,17-20H,8H2,1H3. The van der Waals surface area contributed by atoms with Gasteiger partial charge in [0, 0.05) is 22.6 Å².